The van der Waals surface area contributed by atoms with E-state index in [0.717, 1.165) is 11.6 Å². The van der Waals surface area contributed by atoms with Gasteiger partial charge in [0.05, 0.1) is 30.2 Å². The minimum atomic E-state index is -4.52. The Bertz CT molecular complexity index is 1380. The van der Waals surface area contributed by atoms with E-state index < -0.39 is 23.8 Å². The molecule has 2 aliphatic rings. The fourth-order valence-electron chi connectivity index (χ4n) is 5.18. The number of rotatable bonds is 6. The van der Waals surface area contributed by atoms with Crippen molar-refractivity contribution in [2.24, 2.45) is 0 Å². The van der Waals surface area contributed by atoms with Gasteiger partial charge in [-0.1, -0.05) is 30.3 Å². The number of nitrogens with zero attached hydrogens (tertiary/aromatic N) is 1. The lowest BCUT2D eigenvalue weighted by Gasteiger charge is -2.20. The summed E-state index contributed by atoms with van der Waals surface area (Å²) >= 11 is 0. The molecule has 0 saturated carbocycles. The maximum absolute atomic E-state index is 13.9. The van der Waals surface area contributed by atoms with Crippen molar-refractivity contribution in [1.82, 2.24) is 0 Å². The second-order valence-electron chi connectivity index (χ2n) is 9.05. The summed E-state index contributed by atoms with van der Waals surface area (Å²) in [5, 5.41) is 18.5. The van der Waals surface area contributed by atoms with Gasteiger partial charge in [0.25, 0.3) is 0 Å². The molecule has 5 nitrogen and oxygen atoms in total. The molecule has 0 bridgehead atoms. The number of ether oxygens (including phenoxy) is 2. The zero-order valence-corrected chi connectivity index (χ0v) is 19.1. The summed E-state index contributed by atoms with van der Waals surface area (Å²) in [7, 11) is 0. The molecule has 5 rings (SSSR count). The van der Waals surface area contributed by atoms with Gasteiger partial charge in [0.1, 0.15) is 17.6 Å². The van der Waals surface area contributed by atoms with Crippen molar-refractivity contribution < 1.29 is 32.5 Å². The first-order valence-electron chi connectivity index (χ1n) is 11.6. The minimum absolute atomic E-state index is 0.00607. The largest absolute Gasteiger partial charge is 0.492 e. The fourth-order valence-corrected chi connectivity index (χ4v) is 5.18. The summed E-state index contributed by atoms with van der Waals surface area (Å²) in [6, 6.07) is 16.6. The standard InChI is InChI=1S/C28H22F3NO4/c29-28(30,31)24-9-7-22-21(23(24)11-16-3-1-2-4-17(16)14-32)8-10-25(22)36-19-5-6-20-18(12-27(33)34)15-35-26(20)13-19/h1-7,9,13,18,25H,8,10-12,15H2,(H,33,34). The second-order valence-corrected chi connectivity index (χ2v) is 9.05. The Morgan fingerprint density at radius 1 is 1.14 bits per heavy atom. The first-order valence-corrected chi connectivity index (χ1v) is 11.6. The van der Waals surface area contributed by atoms with Crippen LogP contribution < -0.4 is 9.47 Å². The van der Waals surface area contributed by atoms with E-state index in [9.17, 15) is 23.2 Å². The average Bonchev–Trinajstić information content (AvgIpc) is 3.42. The molecule has 2 atom stereocenters. The molecule has 0 fully saturated rings. The Labute approximate surface area is 205 Å². The third kappa shape index (κ3) is 4.49. The van der Waals surface area contributed by atoms with Crippen LogP contribution in [0.4, 0.5) is 13.2 Å². The van der Waals surface area contributed by atoms with Crippen LogP contribution in [-0.4, -0.2) is 17.7 Å². The van der Waals surface area contributed by atoms with E-state index in [1.165, 1.54) is 6.07 Å². The average molecular weight is 493 g/mol. The molecule has 0 aromatic heterocycles. The monoisotopic (exact) mass is 493 g/mol. The van der Waals surface area contributed by atoms with Crippen LogP contribution in [0.2, 0.25) is 0 Å². The molecule has 0 spiro atoms. The first kappa shape index (κ1) is 23.7. The van der Waals surface area contributed by atoms with Crippen LogP contribution in [0.3, 0.4) is 0 Å². The molecule has 8 heteroatoms. The summed E-state index contributed by atoms with van der Waals surface area (Å²) in [6.07, 6.45) is -4.02. The highest BCUT2D eigenvalue weighted by Crippen LogP contribution is 2.44. The van der Waals surface area contributed by atoms with E-state index in [1.54, 1.807) is 42.5 Å². The molecule has 0 amide bonds. The van der Waals surface area contributed by atoms with Crippen LogP contribution >= 0.6 is 0 Å². The molecule has 1 N–H and O–H groups in total. The van der Waals surface area contributed by atoms with E-state index in [4.69, 9.17) is 14.6 Å². The van der Waals surface area contributed by atoms with Crippen molar-refractivity contribution in [3.8, 4) is 17.6 Å². The molecular weight excluding hydrogens is 471 g/mol. The van der Waals surface area contributed by atoms with Crippen molar-refractivity contribution in [3.05, 3.63) is 93.5 Å². The van der Waals surface area contributed by atoms with Gasteiger partial charge in [0, 0.05) is 17.5 Å². The van der Waals surface area contributed by atoms with E-state index in [2.05, 4.69) is 6.07 Å². The van der Waals surface area contributed by atoms with Gasteiger partial charge in [0.15, 0.2) is 0 Å². The maximum Gasteiger partial charge on any atom is 0.416 e. The summed E-state index contributed by atoms with van der Waals surface area (Å²) in [4.78, 5) is 11.1. The SMILES string of the molecule is N#Cc1ccccc1Cc1c(C(F)(F)F)ccc2c1CCC2Oc1ccc2c(c1)OCC2CC(=O)O. The summed E-state index contributed by atoms with van der Waals surface area (Å²) < 4.78 is 53.7. The Kier molecular flexibility index (Phi) is 6.09. The number of hydrogen-bond acceptors (Lipinski definition) is 4. The topological polar surface area (TPSA) is 79.5 Å². The molecule has 36 heavy (non-hydrogen) atoms. The number of halogens is 3. The zero-order chi connectivity index (χ0) is 25.4. The number of alkyl halides is 3. The molecule has 3 aromatic carbocycles. The molecule has 3 aromatic rings. The highest BCUT2D eigenvalue weighted by atomic mass is 19.4. The predicted molar refractivity (Wildman–Crippen MR) is 124 cm³/mol. The number of aliphatic carboxylic acids is 1. The van der Waals surface area contributed by atoms with Crippen molar-refractivity contribution >= 4 is 5.97 Å². The third-order valence-corrected chi connectivity index (χ3v) is 6.85. The smallest absolute Gasteiger partial charge is 0.416 e. The fraction of sp³-hybridized carbons (Fsp3) is 0.286. The first-order chi connectivity index (χ1) is 17.2. The highest BCUT2D eigenvalue weighted by Gasteiger charge is 2.38. The summed E-state index contributed by atoms with van der Waals surface area (Å²) in [5.74, 6) is -0.0406. The third-order valence-electron chi connectivity index (χ3n) is 6.85. The van der Waals surface area contributed by atoms with Crippen molar-refractivity contribution in [1.29, 1.82) is 5.26 Å². The lowest BCUT2D eigenvalue weighted by Crippen LogP contribution is -2.13. The van der Waals surface area contributed by atoms with Crippen LogP contribution in [0.25, 0.3) is 0 Å². The highest BCUT2D eigenvalue weighted by molar-refractivity contribution is 5.69. The molecule has 1 heterocycles. The van der Waals surface area contributed by atoms with Gasteiger partial charge < -0.3 is 14.6 Å². The number of fused-ring (bicyclic) bond motifs is 2. The normalized spacial score (nSPS) is 18.2. The lowest BCUT2D eigenvalue weighted by molar-refractivity contribution is -0.138. The van der Waals surface area contributed by atoms with E-state index in [1.807, 2.05) is 0 Å². The molecule has 2 unspecified atom stereocenters. The quantitative estimate of drug-likeness (QED) is 0.443. The second kappa shape index (κ2) is 9.23. The van der Waals surface area contributed by atoms with Crippen molar-refractivity contribution in [2.75, 3.05) is 6.61 Å². The van der Waals surface area contributed by atoms with Crippen LogP contribution in [-0.2, 0) is 23.8 Å². The minimum Gasteiger partial charge on any atom is -0.492 e. The van der Waals surface area contributed by atoms with Gasteiger partial charge in [-0.25, -0.2) is 0 Å². The van der Waals surface area contributed by atoms with E-state index >= 15 is 0 Å². The van der Waals surface area contributed by atoms with Gasteiger partial charge in [-0.2, -0.15) is 18.4 Å². The van der Waals surface area contributed by atoms with Crippen LogP contribution in [0.5, 0.6) is 11.5 Å². The van der Waals surface area contributed by atoms with Crippen LogP contribution in [0.15, 0.2) is 54.6 Å². The lowest BCUT2D eigenvalue weighted by atomic mass is 9.90. The number of nitriles is 1. The Hall–Kier alpha value is -3.99. The predicted octanol–water partition coefficient (Wildman–Crippen LogP) is 6.18. The molecule has 0 radical (unpaired) electrons. The van der Waals surface area contributed by atoms with Crippen molar-refractivity contribution in [3.63, 3.8) is 0 Å². The zero-order valence-electron chi connectivity index (χ0n) is 19.1. The number of carboxylic acids is 1. The molecule has 1 aliphatic carbocycles. The van der Waals surface area contributed by atoms with Gasteiger partial charge in [-0.15, -0.1) is 0 Å². The summed E-state index contributed by atoms with van der Waals surface area (Å²) in [5.41, 5.74) is 2.53. The summed E-state index contributed by atoms with van der Waals surface area (Å²) in [6.45, 7) is 0.283. The Morgan fingerprint density at radius 2 is 1.92 bits per heavy atom. The molecule has 1 aliphatic heterocycles. The van der Waals surface area contributed by atoms with Crippen LogP contribution in [0.1, 0.15) is 63.8 Å². The molecular formula is C28H22F3NO4. The molecule has 184 valence electrons. The van der Waals surface area contributed by atoms with Crippen LogP contribution in [0, 0.1) is 11.3 Å². The molecule has 0 saturated heterocycles. The van der Waals surface area contributed by atoms with E-state index in [-0.39, 0.29) is 30.9 Å². The van der Waals surface area contributed by atoms with E-state index in [0.29, 0.717) is 46.6 Å². The van der Waals surface area contributed by atoms with Crippen molar-refractivity contribution in [2.45, 2.75) is 43.9 Å². The maximum atomic E-state index is 13.9. The van der Waals surface area contributed by atoms with Gasteiger partial charge in [0.2, 0.25) is 0 Å². The number of hydrogen-bond donors (Lipinski definition) is 1. The van der Waals surface area contributed by atoms with Gasteiger partial charge in [-0.05, 0) is 59.7 Å². The van der Waals surface area contributed by atoms with Gasteiger partial charge in [-0.3, -0.25) is 4.79 Å². The number of carboxylic acid groups (broad SMARTS) is 1. The number of carbonyl (C=O) groups is 1. The Balaban J connectivity index is 1.45. The number of benzene rings is 3. The van der Waals surface area contributed by atoms with Gasteiger partial charge >= 0.3 is 12.1 Å². The Morgan fingerprint density at radius 3 is 2.67 bits per heavy atom.